The van der Waals surface area contributed by atoms with E-state index in [1.807, 2.05) is 31.2 Å². The molecular formula is C20H24N4O3S2. The van der Waals surface area contributed by atoms with Crippen LogP contribution >= 0.6 is 11.3 Å². The number of nitrogens with zero attached hydrogens (tertiary/aromatic N) is 3. The molecule has 3 heterocycles. The summed E-state index contributed by atoms with van der Waals surface area (Å²) in [5.74, 6) is 0.338. The Balaban J connectivity index is 1.44. The van der Waals surface area contributed by atoms with E-state index in [1.165, 1.54) is 15.6 Å². The number of imidazole rings is 1. The van der Waals surface area contributed by atoms with Gasteiger partial charge in [0.1, 0.15) is 10.0 Å². The van der Waals surface area contributed by atoms with E-state index in [-0.39, 0.29) is 18.4 Å². The zero-order valence-corrected chi connectivity index (χ0v) is 17.9. The summed E-state index contributed by atoms with van der Waals surface area (Å²) in [6.45, 7) is 3.82. The Kier molecular flexibility index (Phi) is 5.71. The normalized spacial score (nSPS) is 18.2. The van der Waals surface area contributed by atoms with E-state index in [9.17, 15) is 13.2 Å². The van der Waals surface area contributed by atoms with Crippen molar-refractivity contribution in [1.29, 1.82) is 0 Å². The van der Waals surface area contributed by atoms with Gasteiger partial charge in [-0.1, -0.05) is 18.2 Å². The molecule has 7 nitrogen and oxygen atoms in total. The minimum atomic E-state index is -3.52. The van der Waals surface area contributed by atoms with Gasteiger partial charge in [-0.2, -0.15) is 4.31 Å². The zero-order chi connectivity index (χ0) is 20.4. The molecule has 2 aromatic heterocycles. The first-order valence-electron chi connectivity index (χ1n) is 9.76. The predicted octanol–water partition coefficient (Wildman–Crippen LogP) is 2.83. The van der Waals surface area contributed by atoms with Gasteiger partial charge in [0.2, 0.25) is 5.91 Å². The highest BCUT2D eigenvalue weighted by Gasteiger charge is 2.33. The van der Waals surface area contributed by atoms with E-state index >= 15 is 0 Å². The summed E-state index contributed by atoms with van der Waals surface area (Å²) in [5, 5.41) is 4.72. The summed E-state index contributed by atoms with van der Waals surface area (Å²) < 4.78 is 29.4. The third-order valence-electron chi connectivity index (χ3n) is 5.31. The Bertz CT molecular complexity index is 1110. The molecule has 0 saturated carbocycles. The molecule has 1 unspecified atom stereocenters. The average molecular weight is 433 g/mol. The lowest BCUT2D eigenvalue weighted by Gasteiger charge is -2.30. The first kappa shape index (κ1) is 20.1. The van der Waals surface area contributed by atoms with Gasteiger partial charge in [0, 0.05) is 19.6 Å². The monoisotopic (exact) mass is 432 g/mol. The number of amides is 1. The number of hydrogen-bond acceptors (Lipinski definition) is 5. The first-order chi connectivity index (χ1) is 14.0. The van der Waals surface area contributed by atoms with Gasteiger partial charge in [0.05, 0.1) is 23.5 Å². The van der Waals surface area contributed by atoms with Crippen LogP contribution in [0.25, 0.3) is 11.0 Å². The van der Waals surface area contributed by atoms with Gasteiger partial charge < -0.3 is 9.88 Å². The molecule has 1 atom stereocenters. The van der Waals surface area contributed by atoms with Crippen molar-refractivity contribution in [3.8, 4) is 0 Å². The Labute approximate surface area is 174 Å². The van der Waals surface area contributed by atoms with Crippen LogP contribution in [0.15, 0.2) is 46.0 Å². The number of rotatable bonds is 6. The fourth-order valence-corrected chi connectivity index (χ4v) is 6.50. The topological polar surface area (TPSA) is 84.3 Å². The van der Waals surface area contributed by atoms with Crippen molar-refractivity contribution in [2.75, 3.05) is 13.1 Å². The van der Waals surface area contributed by atoms with Crippen molar-refractivity contribution in [2.24, 2.45) is 5.92 Å². The second-order valence-electron chi connectivity index (χ2n) is 7.11. The molecule has 1 fully saturated rings. The van der Waals surface area contributed by atoms with E-state index in [1.54, 1.807) is 17.5 Å². The number of carbonyl (C=O) groups is 1. The molecule has 4 rings (SSSR count). The Morgan fingerprint density at radius 2 is 2.10 bits per heavy atom. The van der Waals surface area contributed by atoms with Crippen LogP contribution in [0.2, 0.25) is 0 Å². The molecule has 0 aliphatic carbocycles. The smallest absolute Gasteiger partial charge is 0.252 e. The van der Waals surface area contributed by atoms with E-state index in [4.69, 9.17) is 0 Å². The molecular weight excluding hydrogens is 408 g/mol. The maximum atomic E-state index is 12.8. The van der Waals surface area contributed by atoms with Crippen LogP contribution in [0, 0.1) is 5.92 Å². The Hall–Kier alpha value is -2.23. The van der Waals surface area contributed by atoms with Crippen molar-refractivity contribution in [3.05, 3.63) is 47.6 Å². The third-order valence-corrected chi connectivity index (χ3v) is 8.55. The van der Waals surface area contributed by atoms with E-state index in [2.05, 4.69) is 14.9 Å². The first-order valence-corrected chi connectivity index (χ1v) is 12.1. The zero-order valence-electron chi connectivity index (χ0n) is 16.2. The number of carbonyl (C=O) groups excluding carboxylic acids is 1. The summed E-state index contributed by atoms with van der Waals surface area (Å²) in [6.07, 6.45) is 1.36. The van der Waals surface area contributed by atoms with E-state index in [0.29, 0.717) is 30.1 Å². The lowest BCUT2D eigenvalue weighted by atomic mass is 9.99. The van der Waals surface area contributed by atoms with Crippen LogP contribution in [0.4, 0.5) is 0 Å². The fourth-order valence-electron chi connectivity index (χ4n) is 3.84. The molecule has 1 N–H and O–H groups in total. The van der Waals surface area contributed by atoms with Gasteiger partial charge in [-0.25, -0.2) is 13.4 Å². The highest BCUT2D eigenvalue weighted by Crippen LogP contribution is 2.26. The molecule has 154 valence electrons. The summed E-state index contributed by atoms with van der Waals surface area (Å²) in [7, 11) is -3.52. The van der Waals surface area contributed by atoms with Crippen molar-refractivity contribution in [1.82, 2.24) is 19.2 Å². The Morgan fingerprint density at radius 3 is 2.86 bits per heavy atom. The number of fused-ring (bicyclic) bond motifs is 1. The number of hydrogen-bond donors (Lipinski definition) is 1. The minimum Gasteiger partial charge on any atom is -0.349 e. The van der Waals surface area contributed by atoms with Crippen LogP contribution in [0.5, 0.6) is 0 Å². The van der Waals surface area contributed by atoms with Gasteiger partial charge in [-0.3, -0.25) is 4.79 Å². The second-order valence-corrected chi connectivity index (χ2v) is 10.2. The highest BCUT2D eigenvalue weighted by molar-refractivity contribution is 7.91. The maximum Gasteiger partial charge on any atom is 0.252 e. The van der Waals surface area contributed by atoms with Gasteiger partial charge in [-0.15, -0.1) is 11.3 Å². The molecule has 1 aliphatic rings. The summed E-state index contributed by atoms with van der Waals surface area (Å²) in [6, 6.07) is 11.2. The van der Waals surface area contributed by atoms with Gasteiger partial charge >= 0.3 is 0 Å². The predicted molar refractivity (Wildman–Crippen MR) is 113 cm³/mol. The van der Waals surface area contributed by atoms with Crippen LogP contribution in [-0.4, -0.2) is 41.3 Å². The SMILES string of the molecule is CCn1c(CNC(=O)C2CCCN(S(=O)(=O)c3cccs3)C2)nc2ccccc21. The number of para-hydroxylation sites is 2. The lowest BCUT2D eigenvalue weighted by molar-refractivity contribution is -0.126. The largest absolute Gasteiger partial charge is 0.349 e. The third kappa shape index (κ3) is 3.94. The molecule has 1 saturated heterocycles. The number of thiophene rings is 1. The molecule has 0 spiro atoms. The molecule has 1 aromatic carbocycles. The van der Waals surface area contributed by atoms with Gasteiger partial charge in [0.25, 0.3) is 10.0 Å². The Morgan fingerprint density at radius 1 is 1.28 bits per heavy atom. The average Bonchev–Trinajstić information content (AvgIpc) is 3.40. The van der Waals surface area contributed by atoms with Crippen LogP contribution in [0.3, 0.4) is 0 Å². The van der Waals surface area contributed by atoms with Crippen molar-refractivity contribution < 1.29 is 13.2 Å². The van der Waals surface area contributed by atoms with Gasteiger partial charge in [0.15, 0.2) is 0 Å². The van der Waals surface area contributed by atoms with Crippen LogP contribution in [-0.2, 0) is 27.9 Å². The van der Waals surface area contributed by atoms with E-state index < -0.39 is 10.0 Å². The highest BCUT2D eigenvalue weighted by atomic mass is 32.2. The number of aryl methyl sites for hydroxylation is 1. The summed E-state index contributed by atoms with van der Waals surface area (Å²) >= 11 is 1.21. The van der Waals surface area contributed by atoms with Gasteiger partial charge in [-0.05, 0) is 43.3 Å². The standard InChI is InChI=1S/C20H24N4O3S2/c1-2-24-17-9-4-3-8-16(17)22-18(24)13-21-20(25)15-7-5-11-23(14-15)29(26,27)19-10-6-12-28-19/h3-4,6,8-10,12,15H,2,5,7,11,13-14H2,1H3,(H,21,25). The summed E-state index contributed by atoms with van der Waals surface area (Å²) in [4.78, 5) is 17.4. The van der Waals surface area contributed by atoms with Crippen molar-refractivity contribution in [2.45, 2.75) is 37.1 Å². The molecule has 0 radical (unpaired) electrons. The molecule has 0 bridgehead atoms. The number of nitrogens with one attached hydrogen (secondary N) is 1. The van der Waals surface area contributed by atoms with Crippen molar-refractivity contribution >= 4 is 38.3 Å². The number of aromatic nitrogens is 2. The lowest BCUT2D eigenvalue weighted by Crippen LogP contribution is -2.45. The van der Waals surface area contributed by atoms with Crippen LogP contribution in [0.1, 0.15) is 25.6 Å². The number of piperidine rings is 1. The number of benzene rings is 1. The molecule has 1 aliphatic heterocycles. The second kappa shape index (κ2) is 8.25. The number of sulfonamides is 1. The molecule has 3 aromatic rings. The van der Waals surface area contributed by atoms with E-state index in [0.717, 1.165) is 23.4 Å². The quantitative estimate of drug-likeness (QED) is 0.649. The molecule has 1 amide bonds. The van der Waals surface area contributed by atoms with Crippen molar-refractivity contribution in [3.63, 3.8) is 0 Å². The molecule has 9 heteroatoms. The van der Waals surface area contributed by atoms with Crippen LogP contribution < -0.4 is 5.32 Å². The minimum absolute atomic E-state index is 0.120. The maximum absolute atomic E-state index is 12.8. The fraction of sp³-hybridized carbons (Fsp3) is 0.400. The summed E-state index contributed by atoms with van der Waals surface area (Å²) in [5.41, 5.74) is 1.95. The molecule has 29 heavy (non-hydrogen) atoms.